The van der Waals surface area contributed by atoms with Gasteiger partial charge in [0.1, 0.15) is 10.7 Å². The summed E-state index contributed by atoms with van der Waals surface area (Å²) in [5, 5.41) is 16.6. The van der Waals surface area contributed by atoms with Gasteiger partial charge in [0.05, 0.1) is 19.9 Å². The molecule has 2 aromatic heterocycles. The van der Waals surface area contributed by atoms with Crippen LogP contribution >= 0.6 is 57.5 Å². The zero-order chi connectivity index (χ0) is 29.7. The normalized spacial score (nSPS) is 24.4. The number of hydrogen-bond acceptors (Lipinski definition) is 7. The van der Waals surface area contributed by atoms with Crippen LogP contribution in [0.25, 0.3) is 16.6 Å². The Morgan fingerprint density at radius 3 is 2.52 bits per heavy atom. The molecule has 42 heavy (non-hydrogen) atoms. The highest BCUT2D eigenvalue weighted by atomic mass is 35.5. The van der Waals surface area contributed by atoms with Crippen LogP contribution in [0, 0.1) is 11.8 Å². The van der Waals surface area contributed by atoms with Gasteiger partial charge in [0.15, 0.2) is 5.13 Å². The molecule has 222 valence electrons. The molecule has 3 aromatic rings. The summed E-state index contributed by atoms with van der Waals surface area (Å²) in [6.07, 6.45) is 6.52. The molecular weight excluding hydrogens is 635 g/mol. The van der Waals surface area contributed by atoms with Crippen molar-refractivity contribution < 1.29 is 14.7 Å². The summed E-state index contributed by atoms with van der Waals surface area (Å²) in [6, 6.07) is 6.12. The first-order valence-electron chi connectivity index (χ1n) is 14.0. The van der Waals surface area contributed by atoms with Gasteiger partial charge in [-0.1, -0.05) is 53.1 Å². The lowest BCUT2D eigenvalue weighted by Gasteiger charge is -2.30. The van der Waals surface area contributed by atoms with E-state index in [4.69, 9.17) is 39.8 Å². The second kappa shape index (κ2) is 12.1. The number of aromatic nitrogens is 1. The van der Waals surface area contributed by atoms with E-state index in [-0.39, 0.29) is 21.2 Å². The molecule has 4 atom stereocenters. The van der Waals surface area contributed by atoms with Gasteiger partial charge in [0, 0.05) is 47.3 Å². The minimum absolute atomic E-state index is 0.0829. The number of nitrogens with one attached hydrogen (secondary N) is 1. The second-order valence-electron chi connectivity index (χ2n) is 11.6. The van der Waals surface area contributed by atoms with Gasteiger partial charge in [0.2, 0.25) is 0 Å². The van der Waals surface area contributed by atoms with E-state index in [1.807, 2.05) is 11.4 Å². The molecule has 1 aliphatic carbocycles. The van der Waals surface area contributed by atoms with E-state index in [1.165, 1.54) is 80.0 Å². The molecule has 1 aromatic carbocycles. The predicted molar refractivity (Wildman–Crippen MR) is 174 cm³/mol. The van der Waals surface area contributed by atoms with Gasteiger partial charge in [-0.3, -0.25) is 15.0 Å². The number of hydrogen-bond donors (Lipinski definition) is 2. The number of nitrogens with zero attached hydrogens (tertiary/aromatic N) is 3. The molecule has 0 bridgehead atoms. The molecule has 1 saturated carbocycles. The fraction of sp³-hybridized carbons (Fsp3) is 0.433. The highest BCUT2D eigenvalue weighted by molar-refractivity contribution is 7.21. The standard InChI is InChI=1S/C30H31Cl3N4O3S2/c1-15-3-4-20(7-15)37-6-5-17-12-36(13-24(17)37)28-26(25-11-19(31)14-41-25)34-30(42-28)35-27(38)18-9-22(32)21(23(33)10-18)8-16(2)29(39)40/h8-11,14-15,17,20,24H,3-7,12-13H2,1-2H3,(H,39,40)(H,34,35,38)/b16-8+. The number of carbonyl (C=O) groups is 2. The van der Waals surface area contributed by atoms with E-state index in [1.54, 1.807) is 0 Å². The first-order chi connectivity index (χ1) is 20.1. The van der Waals surface area contributed by atoms with Crippen LogP contribution in [0.15, 0.2) is 29.2 Å². The summed E-state index contributed by atoms with van der Waals surface area (Å²) in [5.41, 5.74) is 1.52. The maximum atomic E-state index is 13.3. The quantitative estimate of drug-likeness (QED) is 0.247. The average Bonchev–Trinajstić information content (AvgIpc) is 3.75. The zero-order valence-corrected chi connectivity index (χ0v) is 27.1. The number of benzene rings is 1. The summed E-state index contributed by atoms with van der Waals surface area (Å²) >= 11 is 22.1. The van der Waals surface area contributed by atoms with Crippen molar-refractivity contribution in [3.05, 3.63) is 55.3 Å². The minimum atomic E-state index is -1.08. The number of anilines is 2. The van der Waals surface area contributed by atoms with Crippen molar-refractivity contribution in [1.82, 2.24) is 9.88 Å². The van der Waals surface area contributed by atoms with Crippen LogP contribution in [0.4, 0.5) is 10.1 Å². The minimum Gasteiger partial charge on any atom is -0.478 e. The van der Waals surface area contributed by atoms with Crippen molar-refractivity contribution in [2.75, 3.05) is 29.9 Å². The van der Waals surface area contributed by atoms with Crippen LogP contribution in [0.3, 0.4) is 0 Å². The van der Waals surface area contributed by atoms with Gasteiger partial charge in [-0.2, -0.15) is 0 Å². The van der Waals surface area contributed by atoms with Crippen LogP contribution in [-0.2, 0) is 4.79 Å². The van der Waals surface area contributed by atoms with E-state index in [9.17, 15) is 14.7 Å². The Morgan fingerprint density at radius 1 is 1.12 bits per heavy atom. The van der Waals surface area contributed by atoms with Gasteiger partial charge in [-0.25, -0.2) is 9.78 Å². The average molecular weight is 666 g/mol. The molecule has 1 amide bonds. The van der Waals surface area contributed by atoms with Crippen molar-refractivity contribution >= 4 is 85.6 Å². The fourth-order valence-electron chi connectivity index (χ4n) is 6.57. The number of thiophene rings is 1. The first-order valence-corrected chi connectivity index (χ1v) is 16.9. The summed E-state index contributed by atoms with van der Waals surface area (Å²) in [4.78, 5) is 35.6. The van der Waals surface area contributed by atoms with Crippen molar-refractivity contribution in [2.24, 2.45) is 11.8 Å². The molecular formula is C30H31Cl3N4O3S2. The van der Waals surface area contributed by atoms with Crippen molar-refractivity contribution in [3.63, 3.8) is 0 Å². The maximum Gasteiger partial charge on any atom is 0.331 e. The zero-order valence-electron chi connectivity index (χ0n) is 23.2. The lowest BCUT2D eigenvalue weighted by molar-refractivity contribution is -0.132. The van der Waals surface area contributed by atoms with Gasteiger partial charge in [0.25, 0.3) is 5.91 Å². The van der Waals surface area contributed by atoms with Crippen LogP contribution in [-0.4, -0.2) is 58.6 Å². The second-order valence-corrected chi connectivity index (χ2v) is 14.7. The molecule has 2 N–H and O–H groups in total. The Labute approximate surface area is 268 Å². The van der Waals surface area contributed by atoms with Crippen LogP contribution < -0.4 is 10.2 Å². The van der Waals surface area contributed by atoms with Gasteiger partial charge < -0.3 is 10.0 Å². The monoisotopic (exact) mass is 664 g/mol. The number of amides is 1. The summed E-state index contributed by atoms with van der Waals surface area (Å²) in [5.74, 6) is -0.0443. The van der Waals surface area contributed by atoms with Gasteiger partial charge in [-0.15, -0.1) is 11.3 Å². The number of aliphatic carboxylic acids is 1. The number of thiazole rings is 1. The van der Waals surface area contributed by atoms with Gasteiger partial charge >= 0.3 is 5.97 Å². The Morgan fingerprint density at radius 2 is 1.88 bits per heavy atom. The molecule has 2 saturated heterocycles. The molecule has 12 heteroatoms. The first kappa shape index (κ1) is 29.9. The van der Waals surface area contributed by atoms with E-state index >= 15 is 0 Å². The van der Waals surface area contributed by atoms with E-state index in [0.29, 0.717) is 33.7 Å². The SMILES string of the molecule is C/C(=C\c1c(Cl)cc(C(=O)Nc2nc(-c3cc(Cl)cs3)c(N3CC4CCN(C5CCC(C)C5)C4C3)s2)cc1Cl)C(=O)O. The molecule has 7 nitrogen and oxygen atoms in total. The summed E-state index contributed by atoms with van der Waals surface area (Å²) in [6.45, 7) is 6.93. The number of fused-ring (bicyclic) bond motifs is 1. The molecule has 0 spiro atoms. The highest BCUT2D eigenvalue weighted by Gasteiger charge is 2.45. The van der Waals surface area contributed by atoms with E-state index < -0.39 is 11.9 Å². The lowest BCUT2D eigenvalue weighted by atomic mass is 10.0. The van der Waals surface area contributed by atoms with Crippen LogP contribution in [0.5, 0.6) is 0 Å². The Kier molecular flexibility index (Phi) is 8.61. The lowest BCUT2D eigenvalue weighted by Crippen LogP contribution is -2.41. The fourth-order valence-corrected chi connectivity index (χ4v) is 9.29. The summed E-state index contributed by atoms with van der Waals surface area (Å²) < 4.78 is 0. The molecule has 4 heterocycles. The van der Waals surface area contributed by atoms with Crippen molar-refractivity contribution in [1.29, 1.82) is 0 Å². The third kappa shape index (κ3) is 5.97. The third-order valence-corrected chi connectivity index (χ3v) is 11.6. The van der Waals surface area contributed by atoms with Gasteiger partial charge in [-0.05, 0) is 75.3 Å². The molecule has 3 fully saturated rings. The van der Waals surface area contributed by atoms with Crippen molar-refractivity contribution in [3.8, 4) is 10.6 Å². The topological polar surface area (TPSA) is 85.8 Å². The maximum absolute atomic E-state index is 13.3. The number of rotatable bonds is 7. The van der Waals surface area contributed by atoms with E-state index in [0.717, 1.165) is 34.6 Å². The summed E-state index contributed by atoms with van der Waals surface area (Å²) in [7, 11) is 0. The molecule has 0 radical (unpaired) electrons. The van der Waals surface area contributed by atoms with Crippen molar-refractivity contribution in [2.45, 2.75) is 51.6 Å². The smallest absolute Gasteiger partial charge is 0.331 e. The Bertz CT molecular complexity index is 1550. The Balaban J connectivity index is 1.25. The van der Waals surface area contributed by atoms with Crippen LogP contribution in [0.1, 0.15) is 55.5 Å². The molecule has 6 rings (SSSR count). The number of halogens is 3. The Hall–Kier alpha value is -2.14. The molecule has 4 unspecified atom stereocenters. The number of likely N-dealkylation sites (tertiary alicyclic amines) is 1. The third-order valence-electron chi connectivity index (χ3n) is 8.68. The van der Waals surface area contributed by atoms with Crippen LogP contribution in [0.2, 0.25) is 15.1 Å². The number of carboxylic acid groups (broad SMARTS) is 1. The largest absolute Gasteiger partial charge is 0.478 e. The molecule has 2 aliphatic heterocycles. The molecule has 3 aliphatic rings. The number of carbonyl (C=O) groups excluding carboxylic acids is 1. The predicted octanol–water partition coefficient (Wildman–Crippen LogP) is 8.27. The van der Waals surface area contributed by atoms with E-state index in [2.05, 4.69) is 22.0 Å². The number of carboxylic acids is 1. The highest BCUT2D eigenvalue weighted by Crippen LogP contribution is 2.46.